The number of hydrogen-bond donors (Lipinski definition) is 1. The maximum absolute atomic E-state index is 12.8. The van der Waals surface area contributed by atoms with E-state index < -0.39 is 0 Å². The molecule has 1 aliphatic rings. The minimum atomic E-state index is -0.196. The second-order valence-electron chi connectivity index (χ2n) is 5.94. The maximum Gasteiger partial charge on any atom is 0.267 e. The van der Waals surface area contributed by atoms with Crippen LogP contribution < -0.4 is 5.32 Å². The predicted octanol–water partition coefficient (Wildman–Crippen LogP) is 4.21. The predicted molar refractivity (Wildman–Crippen MR) is 96.4 cm³/mol. The van der Waals surface area contributed by atoms with Crippen molar-refractivity contribution in [2.45, 2.75) is 18.8 Å². The molecule has 0 bridgehead atoms. The standard InChI is InChI=1S/C19H14N4OS/c20-9-12-8-15(11-21-10-12)22-19(24)18-16(13-6-7-13)17(23-25-18)14-4-2-1-3-5-14/h1-5,8,10-11,13H,6-7H2,(H,22,24). The average Bonchev–Trinajstić information content (AvgIpc) is 3.40. The summed E-state index contributed by atoms with van der Waals surface area (Å²) in [5.74, 6) is 0.205. The van der Waals surface area contributed by atoms with Gasteiger partial charge in [0.05, 0.1) is 23.1 Å². The highest BCUT2D eigenvalue weighted by molar-refractivity contribution is 7.08. The number of rotatable bonds is 4. The van der Waals surface area contributed by atoms with Crippen molar-refractivity contribution in [3.05, 3.63) is 64.8 Å². The number of anilines is 1. The van der Waals surface area contributed by atoms with Crippen LogP contribution in [0, 0.1) is 11.3 Å². The molecule has 1 N–H and O–H groups in total. The van der Waals surface area contributed by atoms with E-state index in [1.165, 1.54) is 23.9 Å². The molecule has 2 heterocycles. The largest absolute Gasteiger partial charge is 0.320 e. The van der Waals surface area contributed by atoms with Gasteiger partial charge in [-0.3, -0.25) is 9.78 Å². The van der Waals surface area contributed by atoms with Gasteiger partial charge in [0.15, 0.2) is 0 Å². The van der Waals surface area contributed by atoms with Crippen molar-refractivity contribution in [1.29, 1.82) is 5.26 Å². The van der Waals surface area contributed by atoms with Crippen molar-refractivity contribution in [2.24, 2.45) is 0 Å². The summed E-state index contributed by atoms with van der Waals surface area (Å²) in [5.41, 5.74) is 3.91. The van der Waals surface area contributed by atoms with E-state index in [4.69, 9.17) is 5.26 Å². The fourth-order valence-electron chi connectivity index (χ4n) is 2.77. The van der Waals surface area contributed by atoms with Crippen LogP contribution in [0.3, 0.4) is 0 Å². The van der Waals surface area contributed by atoms with Crippen molar-refractivity contribution in [3.8, 4) is 17.3 Å². The molecule has 1 aliphatic carbocycles. The summed E-state index contributed by atoms with van der Waals surface area (Å²) in [4.78, 5) is 17.4. The third kappa shape index (κ3) is 3.14. The van der Waals surface area contributed by atoms with Crippen LogP contribution in [0.2, 0.25) is 0 Å². The highest BCUT2D eigenvalue weighted by atomic mass is 32.1. The van der Waals surface area contributed by atoms with Crippen LogP contribution in [-0.2, 0) is 0 Å². The SMILES string of the molecule is N#Cc1cncc(NC(=O)c2snc(-c3ccccc3)c2C2CC2)c1. The summed E-state index contributed by atoms with van der Waals surface area (Å²) in [7, 11) is 0. The van der Waals surface area contributed by atoms with Gasteiger partial charge in [0, 0.05) is 17.3 Å². The summed E-state index contributed by atoms with van der Waals surface area (Å²) in [6.07, 6.45) is 5.17. The zero-order valence-corrected chi connectivity index (χ0v) is 14.1. The van der Waals surface area contributed by atoms with Crippen LogP contribution in [0.5, 0.6) is 0 Å². The first-order chi connectivity index (χ1) is 12.3. The summed E-state index contributed by atoms with van der Waals surface area (Å²) in [5, 5.41) is 11.8. The van der Waals surface area contributed by atoms with Crippen molar-refractivity contribution >= 4 is 23.1 Å². The molecular weight excluding hydrogens is 332 g/mol. The van der Waals surface area contributed by atoms with Crippen LogP contribution in [0.4, 0.5) is 5.69 Å². The Balaban J connectivity index is 1.67. The van der Waals surface area contributed by atoms with Gasteiger partial charge in [-0.2, -0.15) is 9.64 Å². The second-order valence-corrected chi connectivity index (χ2v) is 6.72. The number of nitriles is 1. The molecule has 0 atom stereocenters. The van der Waals surface area contributed by atoms with Crippen LogP contribution in [0.15, 0.2) is 48.8 Å². The number of nitrogens with zero attached hydrogens (tertiary/aromatic N) is 3. The molecule has 1 fully saturated rings. The Morgan fingerprint density at radius 1 is 1.24 bits per heavy atom. The first kappa shape index (κ1) is 15.5. The molecule has 25 heavy (non-hydrogen) atoms. The van der Waals surface area contributed by atoms with E-state index in [9.17, 15) is 4.79 Å². The highest BCUT2D eigenvalue weighted by Crippen LogP contribution is 2.47. The number of benzene rings is 1. The molecule has 6 heteroatoms. The Kier molecular flexibility index (Phi) is 4.00. The Hall–Kier alpha value is -3.04. The fourth-order valence-corrected chi connectivity index (χ4v) is 3.66. The summed E-state index contributed by atoms with van der Waals surface area (Å²) in [6, 6.07) is 13.6. The van der Waals surface area contributed by atoms with Crippen molar-refractivity contribution in [1.82, 2.24) is 9.36 Å². The van der Waals surface area contributed by atoms with Crippen molar-refractivity contribution < 1.29 is 4.79 Å². The van der Waals surface area contributed by atoms with Crippen LogP contribution in [0.1, 0.15) is 39.6 Å². The average molecular weight is 346 g/mol. The number of carbonyl (C=O) groups is 1. The van der Waals surface area contributed by atoms with Crippen LogP contribution in [-0.4, -0.2) is 15.3 Å². The molecule has 0 unspecified atom stereocenters. The Labute approximate surface area is 149 Å². The number of aromatic nitrogens is 2. The van der Waals surface area contributed by atoms with Gasteiger partial charge in [-0.25, -0.2) is 0 Å². The molecule has 122 valence electrons. The number of pyridine rings is 1. The molecule has 1 saturated carbocycles. The van der Waals surface area contributed by atoms with E-state index in [0.717, 1.165) is 29.7 Å². The Morgan fingerprint density at radius 2 is 2.04 bits per heavy atom. The smallest absolute Gasteiger partial charge is 0.267 e. The normalized spacial score (nSPS) is 13.2. The highest BCUT2D eigenvalue weighted by Gasteiger charge is 2.33. The molecule has 5 nitrogen and oxygen atoms in total. The second kappa shape index (κ2) is 6.46. The summed E-state index contributed by atoms with van der Waals surface area (Å²) in [6.45, 7) is 0. The molecule has 0 radical (unpaired) electrons. The minimum absolute atomic E-state index is 0.196. The molecule has 1 aromatic carbocycles. The van der Waals surface area contributed by atoms with Crippen molar-refractivity contribution in [3.63, 3.8) is 0 Å². The Bertz CT molecular complexity index is 971. The zero-order valence-electron chi connectivity index (χ0n) is 13.3. The summed E-state index contributed by atoms with van der Waals surface area (Å²) < 4.78 is 4.56. The summed E-state index contributed by atoms with van der Waals surface area (Å²) >= 11 is 1.23. The minimum Gasteiger partial charge on any atom is -0.320 e. The zero-order chi connectivity index (χ0) is 17.2. The van der Waals surface area contributed by atoms with Gasteiger partial charge < -0.3 is 5.32 Å². The maximum atomic E-state index is 12.8. The lowest BCUT2D eigenvalue weighted by Crippen LogP contribution is -2.12. The van der Waals surface area contributed by atoms with E-state index in [2.05, 4.69) is 14.7 Å². The Morgan fingerprint density at radius 3 is 2.76 bits per heavy atom. The van der Waals surface area contributed by atoms with E-state index in [1.807, 2.05) is 36.4 Å². The number of nitrogens with one attached hydrogen (secondary N) is 1. The van der Waals surface area contributed by atoms with E-state index in [1.54, 1.807) is 6.07 Å². The number of hydrogen-bond acceptors (Lipinski definition) is 5. The van der Waals surface area contributed by atoms with Gasteiger partial charge >= 0.3 is 0 Å². The lowest BCUT2D eigenvalue weighted by Gasteiger charge is -2.06. The van der Waals surface area contributed by atoms with Gasteiger partial charge in [-0.15, -0.1) is 0 Å². The first-order valence-corrected chi connectivity index (χ1v) is 8.75. The topological polar surface area (TPSA) is 78.7 Å². The molecule has 4 rings (SSSR count). The van der Waals surface area contributed by atoms with Crippen molar-refractivity contribution in [2.75, 3.05) is 5.32 Å². The molecule has 0 saturated heterocycles. The first-order valence-electron chi connectivity index (χ1n) is 7.97. The van der Waals surface area contributed by atoms with Gasteiger partial charge in [0.25, 0.3) is 5.91 Å². The molecule has 1 amide bonds. The number of amides is 1. The van der Waals surface area contributed by atoms with Gasteiger partial charge in [-0.05, 0) is 36.4 Å². The fraction of sp³-hybridized carbons (Fsp3) is 0.158. The molecule has 0 spiro atoms. The quantitative estimate of drug-likeness (QED) is 0.767. The molecule has 3 aromatic rings. The number of carbonyl (C=O) groups excluding carboxylic acids is 1. The van der Waals surface area contributed by atoms with E-state index >= 15 is 0 Å². The van der Waals surface area contributed by atoms with Gasteiger partial charge in [0.2, 0.25) is 0 Å². The molecule has 2 aromatic heterocycles. The molecule has 0 aliphatic heterocycles. The van der Waals surface area contributed by atoms with Crippen LogP contribution in [0.25, 0.3) is 11.3 Å². The molecular formula is C19H14N4OS. The lowest BCUT2D eigenvalue weighted by molar-refractivity contribution is 0.102. The monoisotopic (exact) mass is 346 g/mol. The van der Waals surface area contributed by atoms with Crippen LogP contribution >= 0.6 is 11.5 Å². The third-order valence-electron chi connectivity index (χ3n) is 4.09. The van der Waals surface area contributed by atoms with Gasteiger partial charge in [-0.1, -0.05) is 30.3 Å². The van der Waals surface area contributed by atoms with E-state index in [0.29, 0.717) is 22.0 Å². The van der Waals surface area contributed by atoms with E-state index in [-0.39, 0.29) is 5.91 Å². The lowest BCUT2D eigenvalue weighted by atomic mass is 10.0. The third-order valence-corrected chi connectivity index (χ3v) is 4.95. The van der Waals surface area contributed by atoms with Gasteiger partial charge in [0.1, 0.15) is 10.9 Å².